The lowest BCUT2D eigenvalue weighted by molar-refractivity contribution is 0.0423. The summed E-state index contributed by atoms with van der Waals surface area (Å²) in [5, 5.41) is 3.56. The van der Waals surface area contributed by atoms with Gasteiger partial charge in [-0.25, -0.2) is 0 Å². The van der Waals surface area contributed by atoms with E-state index in [4.69, 9.17) is 33.7 Å². The van der Waals surface area contributed by atoms with Crippen LogP contribution in [0, 0.1) is 0 Å². The maximum Gasteiger partial charge on any atom is 0.251 e. The Balaban J connectivity index is 2.16. The number of hydrogen-bond donors (Lipinski definition) is 2. The highest BCUT2D eigenvalue weighted by Crippen LogP contribution is 2.30. The van der Waals surface area contributed by atoms with Crippen LogP contribution in [0.4, 0.5) is 5.69 Å². The molecule has 4 nitrogen and oxygen atoms in total. The average molecular weight is 303 g/mol. The van der Waals surface area contributed by atoms with Crippen LogP contribution in [0.5, 0.6) is 0 Å². The predicted molar refractivity (Wildman–Crippen MR) is 76.8 cm³/mol. The summed E-state index contributed by atoms with van der Waals surface area (Å²) in [6, 6.07) is 3.06. The Morgan fingerprint density at radius 1 is 1.37 bits per heavy atom. The van der Waals surface area contributed by atoms with Gasteiger partial charge in [0, 0.05) is 24.3 Å². The second-order valence-corrected chi connectivity index (χ2v) is 5.77. The van der Waals surface area contributed by atoms with Crippen LogP contribution in [0.25, 0.3) is 0 Å². The van der Waals surface area contributed by atoms with E-state index in [1.807, 2.05) is 6.92 Å². The van der Waals surface area contributed by atoms with Crippen LogP contribution < -0.4 is 11.1 Å². The molecule has 0 unspecified atom stereocenters. The Labute approximate surface area is 122 Å². The standard InChI is InChI=1S/C13H16Cl2N2O2/c1-13(2-4-19-5-3-13)17-12(18)8-6-9(14)11(15)10(16)7-8/h6-7H,2-5,16H2,1H3,(H,17,18). The number of hydrogen-bond acceptors (Lipinski definition) is 3. The molecule has 3 N–H and O–H groups in total. The van der Waals surface area contributed by atoms with Crippen LogP contribution in [-0.2, 0) is 4.74 Å². The van der Waals surface area contributed by atoms with Crippen molar-refractivity contribution >= 4 is 34.8 Å². The van der Waals surface area contributed by atoms with Gasteiger partial charge in [0.1, 0.15) is 0 Å². The van der Waals surface area contributed by atoms with Gasteiger partial charge >= 0.3 is 0 Å². The molecule has 0 atom stereocenters. The van der Waals surface area contributed by atoms with Crippen molar-refractivity contribution in [2.75, 3.05) is 18.9 Å². The van der Waals surface area contributed by atoms with Crippen LogP contribution >= 0.6 is 23.2 Å². The largest absolute Gasteiger partial charge is 0.397 e. The Bertz CT molecular complexity index is 476. The molecule has 0 radical (unpaired) electrons. The first-order valence-electron chi connectivity index (χ1n) is 6.06. The number of nitrogens with two attached hydrogens (primary N) is 1. The van der Waals surface area contributed by atoms with E-state index in [-0.39, 0.29) is 21.5 Å². The lowest BCUT2D eigenvalue weighted by Crippen LogP contribution is -2.49. The topological polar surface area (TPSA) is 64.4 Å². The number of carbonyl (C=O) groups is 1. The van der Waals surface area contributed by atoms with E-state index in [1.165, 1.54) is 12.1 Å². The quantitative estimate of drug-likeness (QED) is 0.826. The van der Waals surface area contributed by atoms with E-state index >= 15 is 0 Å². The van der Waals surface area contributed by atoms with Crippen molar-refractivity contribution in [1.82, 2.24) is 5.32 Å². The summed E-state index contributed by atoms with van der Waals surface area (Å²) in [7, 11) is 0. The zero-order valence-electron chi connectivity index (χ0n) is 10.6. The molecule has 0 saturated carbocycles. The second-order valence-electron chi connectivity index (χ2n) is 4.99. The van der Waals surface area contributed by atoms with E-state index in [9.17, 15) is 4.79 Å². The summed E-state index contributed by atoms with van der Waals surface area (Å²) in [6.45, 7) is 3.31. The van der Waals surface area contributed by atoms with Crippen molar-refractivity contribution in [3.8, 4) is 0 Å². The fourth-order valence-electron chi connectivity index (χ4n) is 2.03. The van der Waals surface area contributed by atoms with Crippen LogP contribution in [-0.4, -0.2) is 24.7 Å². The van der Waals surface area contributed by atoms with Crippen molar-refractivity contribution in [2.24, 2.45) is 0 Å². The van der Waals surface area contributed by atoms with Gasteiger partial charge in [-0.3, -0.25) is 4.79 Å². The van der Waals surface area contributed by atoms with Crippen molar-refractivity contribution in [2.45, 2.75) is 25.3 Å². The zero-order chi connectivity index (χ0) is 14.0. The minimum atomic E-state index is -0.254. The number of anilines is 1. The Morgan fingerprint density at radius 2 is 2.00 bits per heavy atom. The second kappa shape index (κ2) is 5.57. The monoisotopic (exact) mass is 302 g/mol. The molecule has 1 aliphatic rings. The molecule has 6 heteroatoms. The number of ether oxygens (including phenoxy) is 1. The van der Waals surface area contributed by atoms with Crippen molar-refractivity contribution in [3.05, 3.63) is 27.7 Å². The molecule has 1 heterocycles. The normalized spacial score (nSPS) is 18.1. The zero-order valence-corrected chi connectivity index (χ0v) is 12.1. The third-order valence-electron chi connectivity index (χ3n) is 3.33. The maximum absolute atomic E-state index is 12.2. The van der Waals surface area contributed by atoms with Gasteiger partial charge in [-0.1, -0.05) is 23.2 Å². The molecule has 104 valence electrons. The molecule has 1 amide bonds. The molecule has 0 aliphatic carbocycles. The van der Waals surface area contributed by atoms with Gasteiger partial charge in [0.25, 0.3) is 5.91 Å². The van der Waals surface area contributed by atoms with Crippen LogP contribution in [0.2, 0.25) is 10.0 Å². The van der Waals surface area contributed by atoms with Gasteiger partial charge < -0.3 is 15.8 Å². The SMILES string of the molecule is CC1(NC(=O)c2cc(N)c(Cl)c(Cl)c2)CCOCC1. The van der Waals surface area contributed by atoms with Crippen molar-refractivity contribution in [3.63, 3.8) is 0 Å². The molecule has 1 fully saturated rings. The molecule has 0 bridgehead atoms. The summed E-state index contributed by atoms with van der Waals surface area (Å²) >= 11 is 11.8. The smallest absolute Gasteiger partial charge is 0.251 e. The number of amides is 1. The first kappa shape index (κ1) is 14.4. The predicted octanol–water partition coefficient (Wildman–Crippen LogP) is 2.87. The van der Waals surface area contributed by atoms with Gasteiger partial charge in [0.15, 0.2) is 0 Å². The highest BCUT2D eigenvalue weighted by molar-refractivity contribution is 6.43. The molecule has 0 aromatic heterocycles. The van der Waals surface area contributed by atoms with Crippen LogP contribution in [0.3, 0.4) is 0 Å². The van der Waals surface area contributed by atoms with Gasteiger partial charge in [-0.2, -0.15) is 0 Å². The summed E-state index contributed by atoms with van der Waals surface area (Å²) in [5.74, 6) is -0.199. The van der Waals surface area contributed by atoms with Gasteiger partial charge in [0.2, 0.25) is 0 Å². The van der Waals surface area contributed by atoms with E-state index in [1.54, 1.807) is 0 Å². The number of rotatable bonds is 2. The Hall–Kier alpha value is -0.970. The number of nitrogen functional groups attached to an aromatic ring is 1. The summed E-state index contributed by atoms with van der Waals surface area (Å²) in [4.78, 5) is 12.2. The summed E-state index contributed by atoms with van der Waals surface area (Å²) in [6.07, 6.45) is 1.57. The number of nitrogens with one attached hydrogen (secondary N) is 1. The molecular formula is C13H16Cl2N2O2. The number of benzene rings is 1. The number of carbonyl (C=O) groups excluding carboxylic acids is 1. The average Bonchev–Trinajstić information content (AvgIpc) is 2.35. The van der Waals surface area contributed by atoms with E-state index in [0.29, 0.717) is 24.5 Å². The third-order valence-corrected chi connectivity index (χ3v) is 4.15. The molecule has 2 rings (SSSR count). The van der Waals surface area contributed by atoms with Crippen LogP contribution in [0.1, 0.15) is 30.1 Å². The molecule has 1 aromatic rings. The Morgan fingerprint density at radius 3 is 2.58 bits per heavy atom. The minimum Gasteiger partial charge on any atom is -0.397 e. The third kappa shape index (κ3) is 3.32. The molecule has 1 aliphatic heterocycles. The highest BCUT2D eigenvalue weighted by atomic mass is 35.5. The maximum atomic E-state index is 12.2. The van der Waals surface area contributed by atoms with E-state index in [2.05, 4.69) is 5.32 Å². The van der Waals surface area contributed by atoms with Gasteiger partial charge in [-0.05, 0) is 31.9 Å². The summed E-state index contributed by atoms with van der Waals surface area (Å²) in [5.41, 5.74) is 6.17. The van der Waals surface area contributed by atoms with Crippen molar-refractivity contribution < 1.29 is 9.53 Å². The van der Waals surface area contributed by atoms with Gasteiger partial charge in [0.05, 0.1) is 15.7 Å². The van der Waals surface area contributed by atoms with Gasteiger partial charge in [-0.15, -0.1) is 0 Å². The molecule has 19 heavy (non-hydrogen) atoms. The first-order chi connectivity index (χ1) is 8.91. The van der Waals surface area contributed by atoms with Crippen molar-refractivity contribution in [1.29, 1.82) is 0 Å². The molecular weight excluding hydrogens is 287 g/mol. The summed E-state index contributed by atoms with van der Waals surface area (Å²) < 4.78 is 5.30. The van der Waals surface area contributed by atoms with Crippen LogP contribution in [0.15, 0.2) is 12.1 Å². The minimum absolute atomic E-state index is 0.199. The first-order valence-corrected chi connectivity index (χ1v) is 6.82. The van der Waals surface area contributed by atoms with E-state index in [0.717, 1.165) is 12.8 Å². The Kier molecular flexibility index (Phi) is 4.23. The number of halogens is 2. The molecule has 1 saturated heterocycles. The fraction of sp³-hybridized carbons (Fsp3) is 0.462. The highest BCUT2D eigenvalue weighted by Gasteiger charge is 2.29. The fourth-order valence-corrected chi connectivity index (χ4v) is 2.37. The lowest BCUT2D eigenvalue weighted by atomic mass is 9.92. The lowest BCUT2D eigenvalue weighted by Gasteiger charge is -2.34. The van der Waals surface area contributed by atoms with E-state index < -0.39 is 0 Å². The molecule has 0 spiro atoms. The molecule has 1 aromatic carbocycles.